The summed E-state index contributed by atoms with van der Waals surface area (Å²) in [6, 6.07) is 27.7. The van der Waals surface area contributed by atoms with Gasteiger partial charge in [-0.25, -0.2) is 4.57 Å². The Labute approximate surface area is 227 Å². The smallest absolute Gasteiger partial charge is 0.507 e. The highest BCUT2D eigenvalue weighted by atomic mass is 31.2. The number of aromatic hydroxyl groups is 2. The van der Waals surface area contributed by atoms with Crippen LogP contribution in [0.1, 0.15) is 49.9 Å². The van der Waals surface area contributed by atoms with Crippen LogP contribution in [0.5, 0.6) is 17.2 Å². The average Bonchev–Trinajstić information content (AvgIpc) is 2.87. The third-order valence-corrected chi connectivity index (χ3v) is 8.12. The monoisotopic (exact) mass is 542 g/mol. The Kier molecular flexibility index (Phi) is 6.47. The Hall–Kier alpha value is -3.83. The van der Waals surface area contributed by atoms with Gasteiger partial charge in [0.05, 0.1) is 0 Å². The van der Waals surface area contributed by atoms with Crippen LogP contribution >= 0.6 is 7.82 Å². The number of hydrogen-bond donors (Lipinski definition) is 4. The van der Waals surface area contributed by atoms with Crippen molar-refractivity contribution in [2.75, 3.05) is 0 Å². The summed E-state index contributed by atoms with van der Waals surface area (Å²) in [6.07, 6.45) is 0. The third kappa shape index (κ3) is 4.87. The molecule has 0 unspecified atom stereocenters. The number of phenols is 2. The summed E-state index contributed by atoms with van der Waals surface area (Å²) in [4.78, 5) is 19.9. The van der Waals surface area contributed by atoms with Gasteiger partial charge in [-0.2, -0.15) is 0 Å². The molecular formula is C32H31O6P. The highest BCUT2D eigenvalue weighted by molar-refractivity contribution is 7.46. The first-order chi connectivity index (χ1) is 18.3. The number of phenolic OH excluding ortho intramolecular Hbond substituents is 2. The van der Waals surface area contributed by atoms with Crippen LogP contribution in [0.25, 0.3) is 21.5 Å². The number of fused-ring (bicyclic) bond motifs is 2. The second-order valence-corrected chi connectivity index (χ2v) is 12.1. The molecule has 0 amide bonds. The van der Waals surface area contributed by atoms with E-state index < -0.39 is 18.7 Å². The molecule has 0 aliphatic heterocycles. The SMILES string of the molecule is CC(C)(c1cc(O)c2ccccc2c1)c1cccc(C(C)(C)c2cc(O)c3ccccc3c2)c1OP(=O)(O)O. The molecule has 200 valence electrons. The van der Waals surface area contributed by atoms with Gasteiger partial charge in [-0.1, -0.05) is 94.4 Å². The molecule has 4 N–H and O–H groups in total. The second-order valence-electron chi connectivity index (χ2n) is 10.9. The van der Waals surface area contributed by atoms with E-state index in [-0.39, 0.29) is 17.2 Å². The summed E-state index contributed by atoms with van der Waals surface area (Å²) < 4.78 is 17.7. The molecule has 0 saturated heterocycles. The van der Waals surface area contributed by atoms with Gasteiger partial charge in [-0.3, -0.25) is 9.79 Å². The molecule has 0 aliphatic carbocycles. The van der Waals surface area contributed by atoms with Crippen LogP contribution in [0.3, 0.4) is 0 Å². The second kappa shape index (κ2) is 9.42. The minimum absolute atomic E-state index is 0.0705. The first kappa shape index (κ1) is 26.8. The lowest BCUT2D eigenvalue weighted by molar-refractivity contribution is 0.279. The zero-order chi connectivity index (χ0) is 28.2. The minimum atomic E-state index is -4.96. The van der Waals surface area contributed by atoms with Gasteiger partial charge >= 0.3 is 7.82 Å². The van der Waals surface area contributed by atoms with Crippen molar-refractivity contribution in [3.05, 3.63) is 113 Å². The molecule has 5 aromatic carbocycles. The molecule has 7 heteroatoms. The van der Waals surface area contributed by atoms with Crippen LogP contribution in [0, 0.1) is 0 Å². The van der Waals surface area contributed by atoms with Crippen LogP contribution in [-0.4, -0.2) is 20.0 Å². The van der Waals surface area contributed by atoms with Gasteiger partial charge < -0.3 is 14.7 Å². The van der Waals surface area contributed by atoms with Crippen LogP contribution < -0.4 is 4.52 Å². The van der Waals surface area contributed by atoms with Gasteiger partial charge in [0.1, 0.15) is 17.2 Å². The molecule has 5 aromatic rings. The maximum Gasteiger partial charge on any atom is 0.524 e. The summed E-state index contributed by atoms with van der Waals surface area (Å²) in [5.41, 5.74) is 0.986. The number of phosphoric acid groups is 1. The zero-order valence-corrected chi connectivity index (χ0v) is 23.1. The van der Waals surface area contributed by atoms with Crippen molar-refractivity contribution in [2.45, 2.75) is 38.5 Å². The average molecular weight is 543 g/mol. The van der Waals surface area contributed by atoms with E-state index in [0.717, 1.165) is 32.7 Å². The molecule has 0 bridgehead atoms. The number of para-hydroxylation sites is 1. The summed E-state index contributed by atoms with van der Waals surface area (Å²) >= 11 is 0. The Morgan fingerprint density at radius 2 is 1.03 bits per heavy atom. The maximum absolute atomic E-state index is 12.3. The molecule has 5 rings (SSSR count). The van der Waals surface area contributed by atoms with E-state index in [1.165, 1.54) is 0 Å². The molecular weight excluding hydrogens is 511 g/mol. The Balaban J connectivity index is 1.74. The number of phosphoric ester groups is 1. The van der Waals surface area contributed by atoms with Crippen molar-refractivity contribution >= 4 is 29.4 Å². The summed E-state index contributed by atoms with van der Waals surface area (Å²) in [7, 11) is -4.96. The molecule has 0 fully saturated rings. The molecule has 0 aliphatic rings. The van der Waals surface area contributed by atoms with Crippen molar-refractivity contribution in [3.8, 4) is 17.2 Å². The number of hydrogen-bond acceptors (Lipinski definition) is 4. The molecule has 0 radical (unpaired) electrons. The molecule has 0 heterocycles. The predicted molar refractivity (Wildman–Crippen MR) is 155 cm³/mol. The van der Waals surface area contributed by atoms with E-state index in [4.69, 9.17) is 4.52 Å². The lowest BCUT2D eigenvalue weighted by Crippen LogP contribution is -2.25. The Morgan fingerprint density at radius 1 is 0.615 bits per heavy atom. The lowest BCUT2D eigenvalue weighted by Gasteiger charge is -2.34. The fourth-order valence-electron chi connectivity index (χ4n) is 5.35. The summed E-state index contributed by atoms with van der Waals surface area (Å²) in [6.45, 7) is 7.71. The predicted octanol–water partition coefficient (Wildman–Crippen LogP) is 7.53. The zero-order valence-electron chi connectivity index (χ0n) is 22.2. The Morgan fingerprint density at radius 3 is 1.44 bits per heavy atom. The van der Waals surface area contributed by atoms with Crippen LogP contribution in [0.15, 0.2) is 91.0 Å². The number of benzene rings is 5. The topological polar surface area (TPSA) is 107 Å². The van der Waals surface area contributed by atoms with E-state index in [1.54, 1.807) is 24.3 Å². The normalized spacial score (nSPS) is 12.7. The van der Waals surface area contributed by atoms with E-state index in [1.807, 2.05) is 94.4 Å². The molecule has 6 nitrogen and oxygen atoms in total. The van der Waals surface area contributed by atoms with Gasteiger partial charge in [0.2, 0.25) is 0 Å². The number of rotatable bonds is 6. The van der Waals surface area contributed by atoms with Crippen molar-refractivity contribution in [3.63, 3.8) is 0 Å². The van der Waals surface area contributed by atoms with Crippen molar-refractivity contribution < 1.29 is 29.1 Å². The maximum atomic E-state index is 12.3. The molecule has 39 heavy (non-hydrogen) atoms. The summed E-state index contributed by atoms with van der Waals surface area (Å²) in [5, 5.41) is 24.7. The fraction of sp³-hybridized carbons (Fsp3) is 0.188. The van der Waals surface area contributed by atoms with Gasteiger partial charge in [0, 0.05) is 32.7 Å². The first-order valence-corrected chi connectivity index (χ1v) is 14.2. The highest BCUT2D eigenvalue weighted by Gasteiger charge is 2.36. The van der Waals surface area contributed by atoms with Crippen LogP contribution in [-0.2, 0) is 15.4 Å². The molecule has 0 atom stereocenters. The Bertz CT molecular complexity index is 1650. The highest BCUT2D eigenvalue weighted by Crippen LogP contribution is 2.51. The van der Waals surface area contributed by atoms with Crippen molar-refractivity contribution in [1.82, 2.24) is 0 Å². The largest absolute Gasteiger partial charge is 0.524 e. The minimum Gasteiger partial charge on any atom is -0.507 e. The van der Waals surface area contributed by atoms with Crippen LogP contribution in [0.4, 0.5) is 0 Å². The molecule has 0 aromatic heterocycles. The fourth-order valence-corrected chi connectivity index (χ4v) is 5.79. The van der Waals surface area contributed by atoms with E-state index >= 15 is 0 Å². The van der Waals surface area contributed by atoms with Gasteiger partial charge in [-0.05, 0) is 46.2 Å². The van der Waals surface area contributed by atoms with E-state index in [9.17, 15) is 24.6 Å². The summed E-state index contributed by atoms with van der Waals surface area (Å²) in [5.74, 6) is 0.314. The lowest BCUT2D eigenvalue weighted by atomic mass is 9.72. The van der Waals surface area contributed by atoms with E-state index in [0.29, 0.717) is 11.1 Å². The quantitative estimate of drug-likeness (QED) is 0.165. The van der Waals surface area contributed by atoms with Gasteiger partial charge in [0.25, 0.3) is 0 Å². The van der Waals surface area contributed by atoms with Crippen molar-refractivity contribution in [2.24, 2.45) is 0 Å². The van der Waals surface area contributed by atoms with Crippen LogP contribution in [0.2, 0.25) is 0 Å². The van der Waals surface area contributed by atoms with Crippen molar-refractivity contribution in [1.29, 1.82) is 0 Å². The van der Waals surface area contributed by atoms with Gasteiger partial charge in [-0.15, -0.1) is 0 Å². The third-order valence-electron chi connectivity index (χ3n) is 7.70. The standard InChI is InChI=1S/C32H31O6P/c1-31(2,22-16-20-10-5-7-12-24(20)28(33)18-22)26-14-9-15-27(30(26)38-39(35,36)37)32(3,4)23-17-21-11-6-8-13-25(21)29(34)19-23/h5-19,33-34H,1-4H3,(H2,35,36,37). The molecule has 0 spiro atoms. The molecule has 0 saturated carbocycles. The van der Waals surface area contributed by atoms with Gasteiger partial charge in [0.15, 0.2) is 0 Å². The first-order valence-electron chi connectivity index (χ1n) is 12.6. The van der Waals surface area contributed by atoms with E-state index in [2.05, 4.69) is 0 Å².